The van der Waals surface area contributed by atoms with Crippen molar-refractivity contribution in [2.45, 2.75) is 6.42 Å². The van der Waals surface area contributed by atoms with Crippen molar-refractivity contribution >= 4 is 23.2 Å². The fourth-order valence-electron chi connectivity index (χ4n) is 5.00. The number of H-pyrrole nitrogens is 1. The molecule has 8 heteroatoms. The van der Waals surface area contributed by atoms with Crippen LogP contribution in [0.25, 0.3) is 33.0 Å². The van der Waals surface area contributed by atoms with Crippen LogP contribution in [-0.2, 0) is 11.2 Å². The first-order valence-corrected chi connectivity index (χ1v) is 13.2. The van der Waals surface area contributed by atoms with E-state index in [1.54, 1.807) is 6.21 Å². The highest BCUT2D eigenvalue weighted by Crippen LogP contribution is 2.47. The lowest BCUT2D eigenvalue weighted by atomic mass is 10.0. The summed E-state index contributed by atoms with van der Waals surface area (Å²) < 4.78 is 11.5. The minimum Gasteiger partial charge on any atom is -0.492 e. The summed E-state index contributed by atoms with van der Waals surface area (Å²) in [6, 6.07) is 16.9. The number of fused-ring (bicyclic) bond motifs is 3. The van der Waals surface area contributed by atoms with E-state index in [9.17, 15) is 0 Å². The molecule has 2 aliphatic rings. The van der Waals surface area contributed by atoms with Crippen LogP contribution in [0.5, 0.6) is 5.75 Å². The standard InChI is InChI=1S/C28H29N5O2S/c1-30-24-14-19(5-6-20(24)17-29)27-23-16-26-22(28(23)32-31-27)15-25(36-26)18-3-2-4-21(13-18)35-12-9-33-7-10-34-11-8-33/h2-6,13-15,17,29-30H,7-12,16H2,1H3,(H,31,32)/p+1. The fraction of sp³-hybridized carbons (Fsp3) is 0.286. The highest BCUT2D eigenvalue weighted by Gasteiger charge is 2.28. The number of aromatic amines is 1. The number of ether oxygens (including phenoxy) is 2. The Balaban J connectivity index is 1.19. The second-order valence-corrected chi connectivity index (χ2v) is 10.2. The number of hydrogen-bond donors (Lipinski definition) is 3. The molecule has 4 aromatic rings. The first kappa shape index (κ1) is 23.0. The van der Waals surface area contributed by atoms with Gasteiger partial charge in [0.05, 0.1) is 30.2 Å². The molecule has 1 aliphatic carbocycles. The van der Waals surface area contributed by atoms with E-state index in [1.165, 1.54) is 26.4 Å². The van der Waals surface area contributed by atoms with E-state index < -0.39 is 0 Å². The van der Waals surface area contributed by atoms with Crippen LogP contribution >= 0.6 is 11.3 Å². The molecular weight excluding hydrogens is 470 g/mol. The molecule has 0 spiro atoms. The zero-order valence-corrected chi connectivity index (χ0v) is 21.2. The number of rotatable bonds is 8. The van der Waals surface area contributed by atoms with Gasteiger partial charge in [0.15, 0.2) is 6.21 Å². The molecule has 0 saturated carbocycles. The fourth-order valence-corrected chi connectivity index (χ4v) is 6.17. The van der Waals surface area contributed by atoms with Gasteiger partial charge in [0.25, 0.3) is 0 Å². The molecular formula is C28H30N5O2S+. The normalized spacial score (nSPS) is 14.9. The Morgan fingerprint density at radius 3 is 2.89 bits per heavy atom. The van der Waals surface area contributed by atoms with Crippen molar-refractivity contribution in [1.29, 1.82) is 0 Å². The molecule has 36 heavy (non-hydrogen) atoms. The number of benzene rings is 2. The summed E-state index contributed by atoms with van der Waals surface area (Å²) >= 11 is 1.85. The molecule has 0 radical (unpaired) electrons. The Hall–Kier alpha value is -3.46. The summed E-state index contributed by atoms with van der Waals surface area (Å²) in [4.78, 5) is 5.01. The molecule has 2 aromatic heterocycles. The lowest BCUT2D eigenvalue weighted by Crippen LogP contribution is -2.38. The van der Waals surface area contributed by atoms with E-state index in [0.717, 1.165) is 73.2 Å². The van der Waals surface area contributed by atoms with E-state index >= 15 is 0 Å². The Kier molecular flexibility index (Phi) is 6.31. The lowest BCUT2D eigenvalue weighted by Gasteiger charge is -2.26. The van der Waals surface area contributed by atoms with Gasteiger partial charge in [-0.2, -0.15) is 5.10 Å². The maximum absolute atomic E-state index is 6.08. The molecule has 1 aliphatic heterocycles. The summed E-state index contributed by atoms with van der Waals surface area (Å²) in [7, 11) is 1.91. The van der Waals surface area contributed by atoms with Crippen molar-refractivity contribution in [2.75, 3.05) is 51.8 Å². The third-order valence-electron chi connectivity index (χ3n) is 6.96. The molecule has 6 rings (SSSR count). The van der Waals surface area contributed by atoms with E-state index in [2.05, 4.69) is 56.8 Å². The average Bonchev–Trinajstić information content (AvgIpc) is 3.61. The number of nitrogens with two attached hydrogens (primary N) is 1. The summed E-state index contributed by atoms with van der Waals surface area (Å²) in [5.41, 5.74) is 8.88. The molecule has 7 nitrogen and oxygen atoms in total. The Morgan fingerprint density at radius 1 is 1.17 bits per heavy atom. The van der Waals surface area contributed by atoms with Crippen molar-refractivity contribution in [2.24, 2.45) is 0 Å². The average molecular weight is 501 g/mol. The van der Waals surface area contributed by atoms with Crippen LogP contribution in [0.4, 0.5) is 5.69 Å². The Labute approximate surface area is 214 Å². The molecule has 1 saturated heterocycles. The first-order chi connectivity index (χ1) is 17.7. The minimum atomic E-state index is 0.685. The molecule has 1 fully saturated rings. The number of thiophene rings is 1. The molecule has 184 valence electrons. The molecule has 0 amide bonds. The minimum absolute atomic E-state index is 0.685. The molecule has 3 heterocycles. The van der Waals surface area contributed by atoms with Crippen LogP contribution in [0, 0.1) is 0 Å². The molecule has 0 bridgehead atoms. The van der Waals surface area contributed by atoms with Crippen LogP contribution in [0.2, 0.25) is 0 Å². The van der Waals surface area contributed by atoms with Gasteiger partial charge in [-0.15, -0.1) is 11.3 Å². The third-order valence-corrected chi connectivity index (χ3v) is 8.14. The van der Waals surface area contributed by atoms with Crippen molar-refractivity contribution in [3.8, 4) is 38.7 Å². The second kappa shape index (κ2) is 9.89. The number of nitrogens with one attached hydrogen (secondary N) is 2. The summed E-state index contributed by atoms with van der Waals surface area (Å²) in [6.45, 7) is 5.20. The van der Waals surface area contributed by atoms with Crippen molar-refractivity contribution in [1.82, 2.24) is 15.1 Å². The maximum Gasteiger partial charge on any atom is 0.169 e. The van der Waals surface area contributed by atoms with Gasteiger partial charge in [-0.05, 0) is 35.9 Å². The summed E-state index contributed by atoms with van der Waals surface area (Å²) in [5, 5.41) is 17.0. The van der Waals surface area contributed by atoms with Gasteiger partial charge in [0.1, 0.15) is 12.4 Å². The van der Waals surface area contributed by atoms with Crippen LogP contribution in [-0.4, -0.2) is 67.8 Å². The summed E-state index contributed by atoms with van der Waals surface area (Å²) in [6.07, 6.45) is 2.50. The lowest BCUT2D eigenvalue weighted by molar-refractivity contribution is -0.104. The van der Waals surface area contributed by atoms with E-state index in [1.807, 2.05) is 30.5 Å². The van der Waals surface area contributed by atoms with Gasteiger partial charge in [-0.25, -0.2) is 0 Å². The quantitative estimate of drug-likeness (QED) is 0.285. The summed E-state index contributed by atoms with van der Waals surface area (Å²) in [5.74, 6) is 0.914. The smallest absolute Gasteiger partial charge is 0.169 e. The maximum atomic E-state index is 6.08. The highest BCUT2D eigenvalue weighted by molar-refractivity contribution is 7.16. The number of aromatic nitrogens is 2. The number of hydrogen-bond acceptors (Lipinski definition) is 6. The van der Waals surface area contributed by atoms with Crippen LogP contribution in [0.3, 0.4) is 0 Å². The number of anilines is 1. The predicted molar refractivity (Wildman–Crippen MR) is 145 cm³/mol. The highest BCUT2D eigenvalue weighted by atomic mass is 32.1. The third kappa shape index (κ3) is 4.32. The molecule has 2 aromatic carbocycles. The monoisotopic (exact) mass is 500 g/mol. The Bertz CT molecular complexity index is 1400. The van der Waals surface area contributed by atoms with Crippen LogP contribution < -0.4 is 15.5 Å². The zero-order valence-electron chi connectivity index (χ0n) is 20.3. The molecule has 4 N–H and O–H groups in total. The first-order valence-electron chi connectivity index (χ1n) is 12.3. The van der Waals surface area contributed by atoms with Crippen LogP contribution in [0.15, 0.2) is 48.5 Å². The Morgan fingerprint density at radius 2 is 2.06 bits per heavy atom. The number of nitrogens with zero attached hydrogens (tertiary/aromatic N) is 2. The second-order valence-electron chi connectivity index (χ2n) is 9.10. The zero-order chi connectivity index (χ0) is 24.5. The predicted octanol–water partition coefficient (Wildman–Crippen LogP) is 3.31. The van der Waals surface area contributed by atoms with Gasteiger partial charge in [-0.1, -0.05) is 18.2 Å². The van der Waals surface area contributed by atoms with Crippen molar-refractivity contribution < 1.29 is 14.9 Å². The number of morpholine rings is 1. The SMILES string of the molecule is CNc1cc(-c2n[nH]c3c2Cc2sc(-c4cccc(OCCN5CCOCC5)c4)cc2-3)ccc1C=[NH2+]. The van der Waals surface area contributed by atoms with Gasteiger partial charge in [0.2, 0.25) is 0 Å². The van der Waals surface area contributed by atoms with Gasteiger partial charge in [-0.3, -0.25) is 15.4 Å². The van der Waals surface area contributed by atoms with Gasteiger partial charge >= 0.3 is 0 Å². The van der Waals surface area contributed by atoms with Crippen molar-refractivity contribution in [3.63, 3.8) is 0 Å². The largest absolute Gasteiger partial charge is 0.492 e. The van der Waals surface area contributed by atoms with Crippen molar-refractivity contribution in [3.05, 3.63) is 64.5 Å². The molecule has 0 atom stereocenters. The topological polar surface area (TPSA) is 88.0 Å². The molecule has 0 unspecified atom stereocenters. The van der Waals surface area contributed by atoms with E-state index in [-0.39, 0.29) is 0 Å². The van der Waals surface area contributed by atoms with E-state index in [0.29, 0.717) is 6.61 Å². The van der Waals surface area contributed by atoms with Crippen LogP contribution in [0.1, 0.15) is 16.0 Å². The van der Waals surface area contributed by atoms with E-state index in [4.69, 9.17) is 14.9 Å². The van der Waals surface area contributed by atoms with Gasteiger partial charge in [0, 0.05) is 65.2 Å². The van der Waals surface area contributed by atoms with Gasteiger partial charge < -0.3 is 14.8 Å².